The van der Waals surface area contributed by atoms with Crippen LogP contribution >= 0.6 is 0 Å². The monoisotopic (exact) mass is 355 g/mol. The van der Waals surface area contributed by atoms with Gasteiger partial charge in [-0.25, -0.2) is 9.45 Å². The molecule has 0 fully saturated rings. The van der Waals surface area contributed by atoms with Crippen LogP contribution in [0.25, 0.3) is 0 Å². The van der Waals surface area contributed by atoms with Crippen molar-refractivity contribution in [2.75, 3.05) is 25.8 Å². The summed E-state index contributed by atoms with van der Waals surface area (Å²) in [6, 6.07) is 13.7. The molecule has 0 radical (unpaired) electrons. The van der Waals surface area contributed by atoms with Gasteiger partial charge in [0.25, 0.3) is 5.91 Å². The minimum absolute atomic E-state index is 0.240. The number of amides is 1. The van der Waals surface area contributed by atoms with Crippen LogP contribution in [0.1, 0.15) is 11.5 Å². The lowest BCUT2D eigenvalue weighted by Crippen LogP contribution is -2.42. The van der Waals surface area contributed by atoms with Gasteiger partial charge in [-0.1, -0.05) is 30.3 Å². The fourth-order valence-electron chi connectivity index (χ4n) is 3.40. The molecule has 0 bridgehead atoms. The van der Waals surface area contributed by atoms with E-state index in [2.05, 4.69) is 5.10 Å². The van der Waals surface area contributed by atoms with Crippen LogP contribution in [0.4, 0.5) is 10.1 Å². The number of fused-ring (bicyclic) bond motifs is 3. The average molecular weight is 355 g/mol. The lowest BCUT2D eigenvalue weighted by molar-refractivity contribution is -0.160. The SMILES string of the molecule is CON(C)C(=O)C1=NN2c3cc(F)ccc3OCC2[C@@H]1c1ccccc1. The first-order chi connectivity index (χ1) is 12.6. The van der Waals surface area contributed by atoms with Gasteiger partial charge in [-0.3, -0.25) is 14.6 Å². The summed E-state index contributed by atoms with van der Waals surface area (Å²) in [5.74, 6) is -0.480. The first kappa shape index (κ1) is 16.5. The smallest absolute Gasteiger partial charge is 0.294 e. The predicted octanol–water partition coefficient (Wildman–Crippen LogP) is 2.57. The number of nitrogens with zero attached hydrogens (tertiary/aromatic N) is 3. The van der Waals surface area contributed by atoms with Gasteiger partial charge < -0.3 is 4.74 Å². The average Bonchev–Trinajstić information content (AvgIpc) is 3.07. The minimum atomic E-state index is -0.381. The van der Waals surface area contributed by atoms with Crippen molar-refractivity contribution < 1.29 is 18.8 Å². The summed E-state index contributed by atoms with van der Waals surface area (Å²) in [6.45, 7) is 0.342. The molecule has 0 N–H and O–H groups in total. The zero-order chi connectivity index (χ0) is 18.3. The molecule has 4 rings (SSSR count). The fourth-order valence-corrected chi connectivity index (χ4v) is 3.40. The normalized spacial score (nSPS) is 20.7. The van der Waals surface area contributed by atoms with Gasteiger partial charge >= 0.3 is 0 Å². The third kappa shape index (κ3) is 2.61. The van der Waals surface area contributed by atoms with Gasteiger partial charge in [0.05, 0.1) is 19.1 Å². The summed E-state index contributed by atoms with van der Waals surface area (Å²) in [6.07, 6.45) is 0. The number of hydrogen-bond donors (Lipinski definition) is 0. The Morgan fingerprint density at radius 1 is 1.31 bits per heavy atom. The van der Waals surface area contributed by atoms with Crippen LogP contribution in [0.3, 0.4) is 0 Å². The Balaban J connectivity index is 1.82. The summed E-state index contributed by atoms with van der Waals surface area (Å²) < 4.78 is 19.6. The Hall–Kier alpha value is -2.93. The van der Waals surface area contributed by atoms with E-state index in [1.165, 1.54) is 26.3 Å². The second-order valence-corrected chi connectivity index (χ2v) is 6.19. The topological polar surface area (TPSA) is 54.4 Å². The van der Waals surface area contributed by atoms with Crippen LogP contribution < -0.4 is 9.75 Å². The minimum Gasteiger partial charge on any atom is -0.489 e. The van der Waals surface area contributed by atoms with Crippen LogP contribution in [0.5, 0.6) is 5.75 Å². The van der Waals surface area contributed by atoms with Gasteiger partial charge in [-0.15, -0.1) is 0 Å². The van der Waals surface area contributed by atoms with Gasteiger partial charge in [0.15, 0.2) is 0 Å². The van der Waals surface area contributed by atoms with Gasteiger partial charge in [0, 0.05) is 13.1 Å². The highest BCUT2D eigenvalue weighted by molar-refractivity contribution is 6.41. The molecule has 2 aliphatic heterocycles. The zero-order valence-electron chi connectivity index (χ0n) is 14.4. The second kappa shape index (κ2) is 6.42. The summed E-state index contributed by atoms with van der Waals surface area (Å²) >= 11 is 0. The van der Waals surface area contributed by atoms with E-state index in [1.54, 1.807) is 11.1 Å². The summed E-state index contributed by atoms with van der Waals surface area (Å²) in [7, 11) is 2.96. The van der Waals surface area contributed by atoms with Crippen molar-refractivity contribution in [2.24, 2.45) is 5.10 Å². The maximum atomic E-state index is 13.8. The van der Waals surface area contributed by atoms with Gasteiger partial charge in [0.2, 0.25) is 0 Å². The van der Waals surface area contributed by atoms with E-state index in [0.29, 0.717) is 23.8 Å². The molecule has 6 nitrogen and oxygen atoms in total. The van der Waals surface area contributed by atoms with Crippen molar-refractivity contribution in [2.45, 2.75) is 12.0 Å². The van der Waals surface area contributed by atoms with E-state index in [-0.39, 0.29) is 23.7 Å². The van der Waals surface area contributed by atoms with Gasteiger partial charge in [-0.05, 0) is 17.7 Å². The number of hydrazone groups is 1. The van der Waals surface area contributed by atoms with E-state index < -0.39 is 0 Å². The van der Waals surface area contributed by atoms with Crippen molar-refractivity contribution in [3.05, 3.63) is 59.9 Å². The zero-order valence-corrected chi connectivity index (χ0v) is 14.4. The highest BCUT2D eigenvalue weighted by atomic mass is 19.1. The lowest BCUT2D eigenvalue weighted by atomic mass is 9.87. The van der Waals surface area contributed by atoms with Crippen molar-refractivity contribution in [3.63, 3.8) is 0 Å². The van der Waals surface area contributed by atoms with E-state index in [9.17, 15) is 9.18 Å². The Labute approximate surface area is 150 Å². The molecule has 2 aromatic carbocycles. The number of anilines is 1. The molecule has 0 spiro atoms. The predicted molar refractivity (Wildman–Crippen MR) is 94.6 cm³/mol. The van der Waals surface area contributed by atoms with Crippen molar-refractivity contribution >= 4 is 17.3 Å². The molecule has 2 heterocycles. The van der Waals surface area contributed by atoms with Crippen LogP contribution in [0.15, 0.2) is 53.6 Å². The Bertz CT molecular complexity index is 872. The van der Waals surface area contributed by atoms with E-state index in [0.717, 1.165) is 10.6 Å². The summed E-state index contributed by atoms with van der Waals surface area (Å²) in [5, 5.41) is 7.38. The summed E-state index contributed by atoms with van der Waals surface area (Å²) in [5.41, 5.74) is 1.80. The van der Waals surface area contributed by atoms with Crippen molar-refractivity contribution in [1.82, 2.24) is 5.06 Å². The fraction of sp³-hybridized carbons (Fsp3) is 0.263. The third-order valence-electron chi connectivity index (χ3n) is 4.72. The van der Waals surface area contributed by atoms with Crippen LogP contribution in [-0.2, 0) is 9.63 Å². The number of hydrogen-bond acceptors (Lipinski definition) is 5. The highest BCUT2D eigenvalue weighted by Crippen LogP contribution is 2.43. The largest absolute Gasteiger partial charge is 0.489 e. The van der Waals surface area contributed by atoms with E-state index in [1.807, 2.05) is 30.3 Å². The van der Waals surface area contributed by atoms with Crippen molar-refractivity contribution in [3.8, 4) is 5.75 Å². The first-order valence-corrected chi connectivity index (χ1v) is 8.27. The van der Waals surface area contributed by atoms with Crippen LogP contribution in [0.2, 0.25) is 0 Å². The van der Waals surface area contributed by atoms with Crippen LogP contribution in [0, 0.1) is 5.82 Å². The molecule has 26 heavy (non-hydrogen) atoms. The molecular weight excluding hydrogens is 337 g/mol. The molecule has 0 aromatic heterocycles. The first-order valence-electron chi connectivity index (χ1n) is 8.27. The molecular formula is C19H18FN3O3. The summed E-state index contributed by atoms with van der Waals surface area (Å²) in [4.78, 5) is 17.9. The molecule has 2 atom stereocenters. The quantitative estimate of drug-likeness (QED) is 0.794. The van der Waals surface area contributed by atoms with Gasteiger partial charge in [-0.2, -0.15) is 5.10 Å². The third-order valence-corrected chi connectivity index (χ3v) is 4.72. The van der Waals surface area contributed by atoms with Gasteiger partial charge in [0.1, 0.15) is 29.6 Å². The number of carbonyl (C=O) groups is 1. The molecule has 2 aliphatic rings. The molecule has 7 heteroatoms. The number of carbonyl (C=O) groups excluding carboxylic acids is 1. The number of benzene rings is 2. The number of ether oxygens (including phenoxy) is 1. The van der Waals surface area contributed by atoms with E-state index >= 15 is 0 Å². The second-order valence-electron chi connectivity index (χ2n) is 6.19. The number of hydroxylamine groups is 2. The molecule has 0 saturated heterocycles. The number of rotatable bonds is 3. The lowest BCUT2D eigenvalue weighted by Gasteiger charge is -2.33. The molecule has 134 valence electrons. The molecule has 0 aliphatic carbocycles. The number of halogens is 1. The van der Waals surface area contributed by atoms with Crippen LogP contribution in [-0.4, -0.2) is 43.5 Å². The molecule has 2 aromatic rings. The Kier molecular flexibility index (Phi) is 4.08. The highest BCUT2D eigenvalue weighted by Gasteiger charge is 2.46. The maximum absolute atomic E-state index is 13.8. The Morgan fingerprint density at radius 2 is 2.08 bits per heavy atom. The van der Waals surface area contributed by atoms with E-state index in [4.69, 9.17) is 9.57 Å². The molecule has 0 saturated carbocycles. The Morgan fingerprint density at radius 3 is 2.81 bits per heavy atom. The standard InChI is InChI=1S/C19H18FN3O3/c1-22(25-2)19(24)18-17(12-6-4-3-5-7-12)15-11-26-16-9-8-13(20)10-14(16)23(15)21-18/h3-10,15,17H,11H2,1-2H3/t15?,17-/m0/s1. The van der Waals surface area contributed by atoms with Crippen molar-refractivity contribution in [1.29, 1.82) is 0 Å². The maximum Gasteiger partial charge on any atom is 0.294 e. The molecule has 1 amide bonds. The molecule has 1 unspecified atom stereocenters.